The zero-order valence-electron chi connectivity index (χ0n) is 11.5. The third-order valence-electron chi connectivity index (χ3n) is 3.60. The highest BCUT2D eigenvalue weighted by Gasteiger charge is 2.43. The van der Waals surface area contributed by atoms with E-state index in [1.54, 1.807) is 4.90 Å². The number of rotatable bonds is 4. The van der Waals surface area contributed by atoms with E-state index in [4.69, 9.17) is 5.11 Å². The van der Waals surface area contributed by atoms with Crippen LogP contribution in [0.5, 0.6) is 0 Å². The molecule has 0 aromatic rings. The van der Waals surface area contributed by atoms with E-state index in [0.717, 1.165) is 12.8 Å². The van der Waals surface area contributed by atoms with Gasteiger partial charge in [-0.3, -0.25) is 0 Å². The van der Waals surface area contributed by atoms with E-state index in [0.29, 0.717) is 12.5 Å². The Morgan fingerprint density at radius 3 is 2.47 bits per heavy atom. The Kier molecular flexibility index (Phi) is 3.99. The minimum Gasteiger partial charge on any atom is -0.480 e. The summed E-state index contributed by atoms with van der Waals surface area (Å²) in [4.78, 5) is 26.8. The molecule has 0 unspecified atom stereocenters. The van der Waals surface area contributed by atoms with Gasteiger partial charge in [0.2, 0.25) is 0 Å². The second-order valence-electron chi connectivity index (χ2n) is 5.96. The molecule has 1 aliphatic carbocycles. The third-order valence-corrected chi connectivity index (χ3v) is 3.60. The van der Waals surface area contributed by atoms with Crippen LogP contribution in [-0.2, 0) is 4.79 Å². The van der Waals surface area contributed by atoms with Crippen LogP contribution in [0.25, 0.3) is 0 Å². The van der Waals surface area contributed by atoms with E-state index in [2.05, 4.69) is 0 Å². The molecule has 6 heteroatoms. The average molecular weight is 270 g/mol. The van der Waals surface area contributed by atoms with Crippen LogP contribution in [0.3, 0.4) is 0 Å². The molecule has 0 radical (unpaired) electrons. The first-order valence-electron chi connectivity index (χ1n) is 6.88. The highest BCUT2D eigenvalue weighted by atomic mass is 16.4. The second kappa shape index (κ2) is 5.36. The van der Waals surface area contributed by atoms with Gasteiger partial charge in [0.1, 0.15) is 6.04 Å². The van der Waals surface area contributed by atoms with Gasteiger partial charge in [0, 0.05) is 25.6 Å². The van der Waals surface area contributed by atoms with E-state index >= 15 is 0 Å². The summed E-state index contributed by atoms with van der Waals surface area (Å²) < 4.78 is 0. The van der Waals surface area contributed by atoms with Crippen molar-refractivity contribution >= 4 is 12.0 Å². The zero-order chi connectivity index (χ0) is 14.2. The molecule has 108 valence electrons. The van der Waals surface area contributed by atoms with E-state index in [1.165, 1.54) is 4.90 Å². The summed E-state index contributed by atoms with van der Waals surface area (Å²) in [5, 5.41) is 18.8. The number of urea groups is 1. The normalized spacial score (nSPS) is 26.8. The minimum absolute atomic E-state index is 0.122. The fraction of sp³-hybridized carbons (Fsp3) is 0.846. The van der Waals surface area contributed by atoms with Crippen LogP contribution in [0.4, 0.5) is 4.79 Å². The number of carbonyl (C=O) groups excluding carboxylic acids is 1. The number of amides is 2. The zero-order valence-corrected chi connectivity index (χ0v) is 11.5. The molecule has 0 bridgehead atoms. The Hall–Kier alpha value is -1.30. The molecule has 2 fully saturated rings. The molecule has 2 aliphatic rings. The predicted octanol–water partition coefficient (Wildman–Crippen LogP) is 0.747. The van der Waals surface area contributed by atoms with E-state index < -0.39 is 18.1 Å². The topological polar surface area (TPSA) is 81.1 Å². The molecule has 1 saturated heterocycles. The van der Waals surface area contributed by atoms with Gasteiger partial charge in [-0.25, -0.2) is 9.59 Å². The molecule has 1 aliphatic heterocycles. The maximum Gasteiger partial charge on any atom is 0.326 e. The molecule has 0 aromatic carbocycles. The van der Waals surface area contributed by atoms with Crippen LogP contribution in [-0.4, -0.2) is 63.3 Å². The largest absolute Gasteiger partial charge is 0.480 e. The fourth-order valence-electron chi connectivity index (χ4n) is 2.59. The van der Waals surface area contributed by atoms with Crippen LogP contribution in [0.2, 0.25) is 0 Å². The fourth-order valence-corrected chi connectivity index (χ4v) is 2.59. The summed E-state index contributed by atoms with van der Waals surface area (Å²) in [5.74, 6) is -0.689. The monoisotopic (exact) mass is 270 g/mol. The average Bonchev–Trinajstić information content (AvgIpc) is 3.07. The molecule has 0 spiro atoms. The first-order chi connectivity index (χ1) is 8.90. The van der Waals surface area contributed by atoms with Crippen molar-refractivity contribution in [3.8, 4) is 0 Å². The molecule has 2 atom stereocenters. The van der Waals surface area contributed by atoms with Crippen molar-refractivity contribution < 1.29 is 19.8 Å². The molecule has 19 heavy (non-hydrogen) atoms. The molecular weight excluding hydrogens is 248 g/mol. The van der Waals surface area contributed by atoms with Crippen molar-refractivity contribution in [1.29, 1.82) is 0 Å². The molecule has 2 amide bonds. The standard InChI is InChI=1S/C13H22N2O4/c1-8(2)6-14(9-3-4-9)13(19)15-7-10(16)5-11(15)12(17)18/h8-11,16H,3-7H2,1-2H3,(H,17,18)/t10-,11-/m1/s1. The number of hydrogen-bond donors (Lipinski definition) is 2. The lowest BCUT2D eigenvalue weighted by Crippen LogP contribution is -2.50. The van der Waals surface area contributed by atoms with E-state index in [9.17, 15) is 14.7 Å². The molecule has 2 rings (SSSR count). The predicted molar refractivity (Wildman–Crippen MR) is 68.7 cm³/mol. The molecule has 0 aromatic heterocycles. The first kappa shape index (κ1) is 14.1. The van der Waals surface area contributed by atoms with Crippen molar-refractivity contribution in [3.63, 3.8) is 0 Å². The SMILES string of the molecule is CC(C)CN(C(=O)N1C[C@H](O)C[C@@H]1C(=O)O)C1CC1. The number of aliphatic carboxylic acids is 1. The number of hydrogen-bond acceptors (Lipinski definition) is 3. The molecule has 1 saturated carbocycles. The van der Waals surface area contributed by atoms with Crippen LogP contribution in [0.15, 0.2) is 0 Å². The quantitative estimate of drug-likeness (QED) is 0.789. The number of carboxylic acid groups (broad SMARTS) is 1. The summed E-state index contributed by atoms with van der Waals surface area (Å²) >= 11 is 0. The van der Waals surface area contributed by atoms with Crippen molar-refractivity contribution in [3.05, 3.63) is 0 Å². The van der Waals surface area contributed by atoms with E-state index in [-0.39, 0.29) is 25.0 Å². The number of β-amino-alcohol motifs (C(OH)–C–C–N with tert-alkyl or cyclic N) is 1. The van der Waals surface area contributed by atoms with Crippen LogP contribution >= 0.6 is 0 Å². The van der Waals surface area contributed by atoms with Gasteiger partial charge in [-0.05, 0) is 18.8 Å². The lowest BCUT2D eigenvalue weighted by molar-refractivity contribution is -0.141. The maximum atomic E-state index is 12.5. The third kappa shape index (κ3) is 3.18. The Morgan fingerprint density at radius 2 is 2.00 bits per heavy atom. The van der Waals surface area contributed by atoms with Crippen LogP contribution in [0, 0.1) is 5.92 Å². The van der Waals surface area contributed by atoms with Gasteiger partial charge in [-0.15, -0.1) is 0 Å². The number of likely N-dealkylation sites (tertiary alicyclic amines) is 1. The summed E-state index contributed by atoms with van der Waals surface area (Å²) in [6, 6.07) is -0.877. The summed E-state index contributed by atoms with van der Waals surface area (Å²) in [6.07, 6.45) is 1.38. The van der Waals surface area contributed by atoms with Gasteiger partial charge >= 0.3 is 12.0 Å². The van der Waals surface area contributed by atoms with Crippen molar-refractivity contribution in [1.82, 2.24) is 9.80 Å². The molecule has 2 N–H and O–H groups in total. The van der Waals surface area contributed by atoms with Gasteiger partial charge in [-0.2, -0.15) is 0 Å². The Balaban J connectivity index is 2.09. The highest BCUT2D eigenvalue weighted by Crippen LogP contribution is 2.30. The summed E-state index contributed by atoms with van der Waals surface area (Å²) in [7, 11) is 0. The van der Waals surface area contributed by atoms with E-state index in [1.807, 2.05) is 13.8 Å². The lowest BCUT2D eigenvalue weighted by atomic mass is 10.2. The Morgan fingerprint density at radius 1 is 1.37 bits per heavy atom. The van der Waals surface area contributed by atoms with Gasteiger partial charge in [-0.1, -0.05) is 13.8 Å². The Bertz CT molecular complexity index is 368. The molecule has 6 nitrogen and oxygen atoms in total. The number of carboxylic acids is 1. The second-order valence-corrected chi connectivity index (χ2v) is 5.96. The van der Waals surface area contributed by atoms with Gasteiger partial charge in [0.25, 0.3) is 0 Å². The number of carbonyl (C=O) groups is 2. The molecule has 1 heterocycles. The lowest BCUT2D eigenvalue weighted by Gasteiger charge is -2.31. The van der Waals surface area contributed by atoms with Crippen molar-refractivity contribution in [2.75, 3.05) is 13.1 Å². The number of nitrogens with zero attached hydrogens (tertiary/aromatic N) is 2. The van der Waals surface area contributed by atoms with Gasteiger partial charge in [0.15, 0.2) is 0 Å². The number of aliphatic hydroxyl groups is 1. The van der Waals surface area contributed by atoms with Crippen LogP contribution in [0.1, 0.15) is 33.1 Å². The summed E-state index contributed by atoms with van der Waals surface area (Å²) in [6.45, 7) is 4.84. The maximum absolute atomic E-state index is 12.5. The first-order valence-corrected chi connectivity index (χ1v) is 6.88. The minimum atomic E-state index is -1.04. The smallest absolute Gasteiger partial charge is 0.326 e. The Labute approximate surface area is 113 Å². The highest BCUT2D eigenvalue weighted by molar-refractivity contribution is 5.83. The molecular formula is C13H22N2O4. The number of aliphatic hydroxyl groups excluding tert-OH is 1. The van der Waals surface area contributed by atoms with Gasteiger partial charge in [0.05, 0.1) is 6.10 Å². The van der Waals surface area contributed by atoms with Gasteiger partial charge < -0.3 is 20.0 Å². The summed E-state index contributed by atoms with van der Waals surface area (Å²) in [5.41, 5.74) is 0. The van der Waals surface area contributed by atoms with Crippen molar-refractivity contribution in [2.45, 2.75) is 51.3 Å². The van der Waals surface area contributed by atoms with Crippen molar-refractivity contribution in [2.24, 2.45) is 5.92 Å². The van der Waals surface area contributed by atoms with Crippen LogP contribution < -0.4 is 0 Å².